The number of aromatic nitrogens is 4. The molecule has 0 unspecified atom stereocenters. The molecule has 0 bridgehead atoms. The minimum atomic E-state index is -1.13. The first-order valence-corrected chi connectivity index (χ1v) is 7.30. The lowest BCUT2D eigenvalue weighted by Crippen LogP contribution is -2.39. The monoisotopic (exact) mass is 335 g/mol. The number of nitrogens with two attached hydrogens (primary N) is 1. The molecule has 24 heavy (non-hydrogen) atoms. The summed E-state index contributed by atoms with van der Waals surface area (Å²) in [6, 6.07) is 0. The van der Waals surface area contributed by atoms with E-state index in [1.807, 2.05) is 0 Å². The second-order valence-corrected chi connectivity index (χ2v) is 5.53. The van der Waals surface area contributed by atoms with Gasteiger partial charge in [0.15, 0.2) is 11.5 Å². The largest absolute Gasteiger partial charge is 0.463 e. The van der Waals surface area contributed by atoms with E-state index in [-0.39, 0.29) is 25.5 Å². The second kappa shape index (κ2) is 6.04. The van der Waals surface area contributed by atoms with Crippen LogP contribution in [0, 0.1) is 0 Å². The van der Waals surface area contributed by atoms with Crippen molar-refractivity contribution >= 4 is 28.9 Å². The van der Waals surface area contributed by atoms with E-state index in [4.69, 9.17) is 19.9 Å². The van der Waals surface area contributed by atoms with Crippen molar-refractivity contribution in [2.75, 3.05) is 18.9 Å². The number of nitrogens with zero attached hydrogens (tertiary/aromatic N) is 4. The van der Waals surface area contributed by atoms with E-state index in [0.29, 0.717) is 11.2 Å². The Bertz CT molecular complexity index is 791. The molecular weight excluding hydrogens is 318 g/mol. The van der Waals surface area contributed by atoms with Crippen LogP contribution >= 0.6 is 0 Å². The molecule has 1 aliphatic heterocycles. The lowest BCUT2D eigenvalue weighted by atomic mass is 10.1. The summed E-state index contributed by atoms with van der Waals surface area (Å²) < 4.78 is 17.8. The average molecular weight is 335 g/mol. The van der Waals surface area contributed by atoms with Gasteiger partial charge in [-0.3, -0.25) is 14.2 Å². The lowest BCUT2D eigenvalue weighted by molar-refractivity contribution is -0.168. The van der Waals surface area contributed by atoms with Gasteiger partial charge in [0.2, 0.25) is 5.72 Å². The molecule has 0 saturated carbocycles. The van der Waals surface area contributed by atoms with Gasteiger partial charge >= 0.3 is 11.9 Å². The van der Waals surface area contributed by atoms with Gasteiger partial charge in [0, 0.05) is 20.3 Å². The van der Waals surface area contributed by atoms with Gasteiger partial charge in [0.05, 0.1) is 6.10 Å². The second-order valence-electron chi connectivity index (χ2n) is 5.53. The molecule has 0 amide bonds. The molecule has 10 heteroatoms. The molecule has 128 valence electrons. The summed E-state index contributed by atoms with van der Waals surface area (Å²) in [6.45, 7) is 2.77. The van der Waals surface area contributed by atoms with Crippen LogP contribution in [0.4, 0.5) is 5.82 Å². The third kappa shape index (κ3) is 2.87. The molecule has 1 aliphatic rings. The maximum atomic E-state index is 11.6. The van der Waals surface area contributed by atoms with Crippen LogP contribution in [0.5, 0.6) is 0 Å². The third-order valence-corrected chi connectivity index (χ3v) is 3.70. The molecule has 2 N–H and O–H groups in total. The molecule has 0 spiro atoms. The molecule has 3 heterocycles. The van der Waals surface area contributed by atoms with Gasteiger partial charge in [0.25, 0.3) is 0 Å². The summed E-state index contributed by atoms with van der Waals surface area (Å²) in [5.74, 6) is -0.653. The molecule has 2 aromatic rings. The first kappa shape index (κ1) is 16.1. The Hall–Kier alpha value is -2.75. The first-order chi connectivity index (χ1) is 11.4. The highest BCUT2D eigenvalue weighted by Gasteiger charge is 2.46. The highest BCUT2D eigenvalue weighted by atomic mass is 16.6. The maximum absolute atomic E-state index is 11.6. The van der Waals surface area contributed by atoms with E-state index >= 15 is 0 Å². The Morgan fingerprint density at radius 2 is 2.17 bits per heavy atom. The van der Waals surface area contributed by atoms with Crippen molar-refractivity contribution in [1.29, 1.82) is 0 Å². The number of esters is 2. The van der Waals surface area contributed by atoms with E-state index in [9.17, 15) is 9.59 Å². The van der Waals surface area contributed by atoms with Crippen molar-refractivity contribution in [2.45, 2.75) is 32.1 Å². The molecule has 2 aromatic heterocycles. The van der Waals surface area contributed by atoms with Crippen molar-refractivity contribution in [1.82, 2.24) is 19.5 Å². The topological polar surface area (TPSA) is 131 Å². The van der Waals surface area contributed by atoms with Crippen LogP contribution in [-0.2, 0) is 29.5 Å². The number of hydrogen-bond acceptors (Lipinski definition) is 9. The number of fused-ring (bicyclic) bond motifs is 1. The van der Waals surface area contributed by atoms with Gasteiger partial charge in [-0.1, -0.05) is 0 Å². The fourth-order valence-electron chi connectivity index (χ4n) is 2.75. The van der Waals surface area contributed by atoms with Crippen LogP contribution in [0.25, 0.3) is 11.2 Å². The molecule has 0 aromatic carbocycles. The number of ether oxygens (including phenoxy) is 3. The Balaban J connectivity index is 1.96. The molecule has 0 aliphatic carbocycles. The quantitative estimate of drug-likeness (QED) is 0.765. The summed E-state index contributed by atoms with van der Waals surface area (Å²) in [7, 11) is 0. The number of nitrogen functional groups attached to an aromatic ring is 1. The summed E-state index contributed by atoms with van der Waals surface area (Å²) in [4.78, 5) is 34.9. The summed E-state index contributed by atoms with van der Waals surface area (Å²) in [5.41, 5.74) is 5.51. The van der Waals surface area contributed by atoms with E-state index in [2.05, 4.69) is 15.0 Å². The van der Waals surface area contributed by atoms with Crippen LogP contribution in [0.15, 0.2) is 12.7 Å². The smallest absolute Gasteiger partial charge is 0.304 e. The van der Waals surface area contributed by atoms with Crippen LogP contribution in [0.1, 0.15) is 20.3 Å². The van der Waals surface area contributed by atoms with Crippen LogP contribution in [0.2, 0.25) is 0 Å². The number of carbonyl (C=O) groups is 2. The van der Waals surface area contributed by atoms with Crippen molar-refractivity contribution in [3.05, 3.63) is 12.7 Å². The molecular formula is C14H17N5O5. The van der Waals surface area contributed by atoms with Crippen molar-refractivity contribution in [3.8, 4) is 0 Å². The van der Waals surface area contributed by atoms with Gasteiger partial charge in [-0.2, -0.15) is 0 Å². The number of carbonyl (C=O) groups excluding carboxylic acids is 2. The number of rotatable bonds is 4. The van der Waals surface area contributed by atoms with Gasteiger partial charge < -0.3 is 19.9 Å². The van der Waals surface area contributed by atoms with Crippen LogP contribution in [-0.4, -0.2) is 50.8 Å². The maximum Gasteiger partial charge on any atom is 0.304 e. The highest BCUT2D eigenvalue weighted by Crippen LogP contribution is 2.35. The first-order valence-electron chi connectivity index (χ1n) is 7.30. The predicted octanol–water partition coefficient (Wildman–Crippen LogP) is -0.0236. The molecule has 3 rings (SSSR count). The summed E-state index contributed by atoms with van der Waals surface area (Å²) in [6.07, 6.45) is 2.67. The summed E-state index contributed by atoms with van der Waals surface area (Å²) >= 11 is 0. The van der Waals surface area contributed by atoms with Crippen molar-refractivity contribution in [2.24, 2.45) is 0 Å². The fourth-order valence-corrected chi connectivity index (χ4v) is 2.75. The normalized spacial score (nSPS) is 23.3. The summed E-state index contributed by atoms with van der Waals surface area (Å²) in [5, 5.41) is 0. The number of anilines is 1. The third-order valence-electron chi connectivity index (χ3n) is 3.70. The zero-order valence-corrected chi connectivity index (χ0v) is 13.3. The van der Waals surface area contributed by atoms with E-state index in [1.54, 1.807) is 4.57 Å². The molecule has 10 nitrogen and oxygen atoms in total. The van der Waals surface area contributed by atoms with E-state index < -0.39 is 23.8 Å². The number of imidazole rings is 1. The van der Waals surface area contributed by atoms with Gasteiger partial charge in [-0.05, 0) is 0 Å². The van der Waals surface area contributed by atoms with Crippen LogP contribution < -0.4 is 5.73 Å². The van der Waals surface area contributed by atoms with Crippen LogP contribution in [0.3, 0.4) is 0 Å². The fraction of sp³-hybridized carbons (Fsp3) is 0.500. The van der Waals surface area contributed by atoms with E-state index in [0.717, 1.165) is 0 Å². The molecule has 2 atom stereocenters. The molecule has 1 saturated heterocycles. The minimum absolute atomic E-state index is 0.0715. The van der Waals surface area contributed by atoms with Gasteiger partial charge in [-0.25, -0.2) is 15.0 Å². The van der Waals surface area contributed by atoms with E-state index in [1.165, 1.54) is 26.5 Å². The predicted molar refractivity (Wildman–Crippen MR) is 80.5 cm³/mol. The van der Waals surface area contributed by atoms with Crippen molar-refractivity contribution < 1.29 is 23.8 Å². The Labute approximate surface area is 136 Å². The Morgan fingerprint density at radius 3 is 2.88 bits per heavy atom. The minimum Gasteiger partial charge on any atom is -0.463 e. The average Bonchev–Trinajstić information content (AvgIpc) is 3.10. The lowest BCUT2D eigenvalue weighted by Gasteiger charge is -2.28. The highest BCUT2D eigenvalue weighted by molar-refractivity contribution is 5.81. The van der Waals surface area contributed by atoms with Crippen molar-refractivity contribution in [3.63, 3.8) is 0 Å². The molecule has 1 fully saturated rings. The van der Waals surface area contributed by atoms with Gasteiger partial charge in [0.1, 0.15) is 31.4 Å². The molecule has 0 radical (unpaired) electrons. The standard InChI is InChI=1S/C14H17N5O5/c1-8(20)22-4-10-3-14(5-23-10,24-9(2)21)19-7-18-11-12(15)16-6-17-13(11)19/h6-7,10H,3-5H2,1-2H3,(H2,15,16,17)/t10-,14-/m0/s1. The van der Waals surface area contributed by atoms with Gasteiger partial charge in [-0.15, -0.1) is 0 Å². The zero-order valence-electron chi connectivity index (χ0n) is 13.3. The zero-order chi connectivity index (χ0) is 17.3. The Morgan fingerprint density at radius 1 is 1.38 bits per heavy atom. The SMILES string of the molecule is CC(=O)OC[C@@H]1C[C@@](OC(C)=O)(n2cnc3c(N)ncnc32)CO1. The Kier molecular flexibility index (Phi) is 4.06. The number of hydrogen-bond donors (Lipinski definition) is 1.